The average Bonchev–Trinajstić information content (AvgIpc) is 2.41. The highest BCUT2D eigenvalue weighted by Gasteiger charge is 2.07. The molecule has 2 N–H and O–H groups in total. The van der Waals surface area contributed by atoms with E-state index in [0.29, 0.717) is 5.95 Å². The van der Waals surface area contributed by atoms with Crippen LogP contribution in [0.25, 0.3) is 0 Å². The number of hydrogen-bond donors (Lipinski definition) is 1. The number of hydrogen-bond acceptors (Lipinski definition) is 4. The number of rotatable bonds is 4. The lowest BCUT2D eigenvalue weighted by Crippen LogP contribution is -2.24. The van der Waals surface area contributed by atoms with Gasteiger partial charge in [0.1, 0.15) is 5.82 Å². The van der Waals surface area contributed by atoms with Gasteiger partial charge in [0.2, 0.25) is 5.95 Å². The molecule has 0 spiro atoms. The van der Waals surface area contributed by atoms with Gasteiger partial charge in [-0.2, -0.15) is 4.98 Å². The highest BCUT2D eigenvalue weighted by Crippen LogP contribution is 2.02. The second-order valence-electron chi connectivity index (χ2n) is 2.97. The highest BCUT2D eigenvalue weighted by molar-refractivity contribution is 5.13. The number of nitrogens with zero attached hydrogens (tertiary/aromatic N) is 4. The molecular formula is C8H17N5. The van der Waals surface area contributed by atoms with E-state index in [1.165, 1.54) is 0 Å². The molecule has 0 saturated heterocycles. The molecule has 0 aromatic carbocycles. The van der Waals surface area contributed by atoms with Gasteiger partial charge in [-0.3, -0.25) is 4.90 Å². The monoisotopic (exact) mass is 183 g/mol. The predicted molar refractivity (Wildman–Crippen MR) is 52.0 cm³/mol. The maximum absolute atomic E-state index is 5.48. The Kier molecular flexibility index (Phi) is 3.25. The van der Waals surface area contributed by atoms with Crippen LogP contribution in [0.4, 0.5) is 5.95 Å². The minimum atomic E-state index is 0.352. The van der Waals surface area contributed by atoms with Gasteiger partial charge in [-0.15, -0.1) is 5.10 Å². The SMILES string of the molecule is CCN(CC)Cc1nc(N)nn1C. The molecule has 0 aliphatic heterocycles. The standard InChI is InChI=1S/C8H17N5/c1-4-13(5-2)6-7-10-8(9)11-12(7)3/h4-6H2,1-3H3,(H2,9,11). The molecule has 1 aromatic rings. The van der Waals surface area contributed by atoms with Crippen LogP contribution in [0.3, 0.4) is 0 Å². The molecule has 0 radical (unpaired) electrons. The van der Waals surface area contributed by atoms with E-state index in [0.717, 1.165) is 25.5 Å². The summed E-state index contributed by atoms with van der Waals surface area (Å²) in [5.41, 5.74) is 5.48. The fourth-order valence-electron chi connectivity index (χ4n) is 1.22. The minimum Gasteiger partial charge on any atom is -0.366 e. The van der Waals surface area contributed by atoms with Crippen LogP contribution in [-0.2, 0) is 13.6 Å². The molecular weight excluding hydrogens is 166 g/mol. The summed E-state index contributed by atoms with van der Waals surface area (Å²) in [6.07, 6.45) is 0. The van der Waals surface area contributed by atoms with Crippen LogP contribution in [-0.4, -0.2) is 32.8 Å². The molecule has 5 nitrogen and oxygen atoms in total. The summed E-state index contributed by atoms with van der Waals surface area (Å²) in [5, 5.41) is 3.99. The highest BCUT2D eigenvalue weighted by atomic mass is 15.4. The molecule has 1 aromatic heterocycles. The van der Waals surface area contributed by atoms with Crippen molar-refractivity contribution < 1.29 is 0 Å². The Labute approximate surface area is 78.5 Å². The summed E-state index contributed by atoms with van der Waals surface area (Å²) < 4.78 is 1.73. The van der Waals surface area contributed by atoms with Gasteiger partial charge in [-0.05, 0) is 13.1 Å². The van der Waals surface area contributed by atoms with E-state index >= 15 is 0 Å². The Morgan fingerprint density at radius 3 is 2.38 bits per heavy atom. The van der Waals surface area contributed by atoms with Gasteiger partial charge in [0, 0.05) is 7.05 Å². The maximum atomic E-state index is 5.48. The van der Waals surface area contributed by atoms with E-state index in [4.69, 9.17) is 5.73 Å². The summed E-state index contributed by atoms with van der Waals surface area (Å²) in [4.78, 5) is 6.40. The van der Waals surface area contributed by atoms with E-state index in [1.807, 2.05) is 7.05 Å². The van der Waals surface area contributed by atoms with E-state index in [2.05, 4.69) is 28.8 Å². The van der Waals surface area contributed by atoms with Crippen molar-refractivity contribution in [3.05, 3.63) is 5.82 Å². The average molecular weight is 183 g/mol. The Bertz CT molecular complexity index is 263. The first-order valence-corrected chi connectivity index (χ1v) is 4.55. The second-order valence-corrected chi connectivity index (χ2v) is 2.97. The smallest absolute Gasteiger partial charge is 0.239 e. The number of aryl methyl sites for hydroxylation is 1. The van der Waals surface area contributed by atoms with Crippen LogP contribution in [0.5, 0.6) is 0 Å². The van der Waals surface area contributed by atoms with E-state index in [1.54, 1.807) is 4.68 Å². The third-order valence-electron chi connectivity index (χ3n) is 2.13. The van der Waals surface area contributed by atoms with Crippen LogP contribution in [0.15, 0.2) is 0 Å². The van der Waals surface area contributed by atoms with Crippen molar-refractivity contribution >= 4 is 5.95 Å². The van der Waals surface area contributed by atoms with Gasteiger partial charge >= 0.3 is 0 Å². The molecule has 0 amide bonds. The molecule has 74 valence electrons. The predicted octanol–water partition coefficient (Wildman–Crippen LogP) is 0.239. The number of nitrogens with two attached hydrogens (primary N) is 1. The third kappa shape index (κ3) is 2.42. The fraction of sp³-hybridized carbons (Fsp3) is 0.750. The number of aromatic nitrogens is 3. The lowest BCUT2D eigenvalue weighted by Gasteiger charge is -2.16. The quantitative estimate of drug-likeness (QED) is 0.726. The minimum absolute atomic E-state index is 0.352. The van der Waals surface area contributed by atoms with Crippen molar-refractivity contribution in [3.8, 4) is 0 Å². The Morgan fingerprint density at radius 2 is 2.00 bits per heavy atom. The second kappa shape index (κ2) is 4.23. The molecule has 0 aliphatic carbocycles. The van der Waals surface area contributed by atoms with E-state index in [9.17, 15) is 0 Å². The van der Waals surface area contributed by atoms with Gasteiger partial charge in [0.25, 0.3) is 0 Å². The van der Waals surface area contributed by atoms with Crippen LogP contribution in [0.2, 0.25) is 0 Å². The van der Waals surface area contributed by atoms with Crippen molar-refractivity contribution in [3.63, 3.8) is 0 Å². The topological polar surface area (TPSA) is 60.0 Å². The van der Waals surface area contributed by atoms with Gasteiger partial charge in [0.15, 0.2) is 0 Å². The summed E-state index contributed by atoms with van der Waals surface area (Å²) in [7, 11) is 1.86. The summed E-state index contributed by atoms with van der Waals surface area (Å²) in [6, 6.07) is 0. The number of anilines is 1. The van der Waals surface area contributed by atoms with Gasteiger partial charge in [-0.25, -0.2) is 4.68 Å². The molecule has 1 rings (SSSR count). The lowest BCUT2D eigenvalue weighted by atomic mass is 10.4. The largest absolute Gasteiger partial charge is 0.366 e. The van der Waals surface area contributed by atoms with Crippen LogP contribution < -0.4 is 5.73 Å². The zero-order chi connectivity index (χ0) is 9.84. The zero-order valence-corrected chi connectivity index (χ0v) is 8.49. The third-order valence-corrected chi connectivity index (χ3v) is 2.13. The maximum Gasteiger partial charge on any atom is 0.239 e. The normalized spacial score (nSPS) is 11.1. The number of nitrogen functional groups attached to an aromatic ring is 1. The first-order valence-electron chi connectivity index (χ1n) is 4.55. The molecule has 0 saturated carbocycles. The lowest BCUT2D eigenvalue weighted by molar-refractivity contribution is 0.283. The van der Waals surface area contributed by atoms with Crippen molar-refractivity contribution in [1.82, 2.24) is 19.7 Å². The molecule has 5 heteroatoms. The Morgan fingerprint density at radius 1 is 1.38 bits per heavy atom. The van der Waals surface area contributed by atoms with Crippen molar-refractivity contribution in [2.24, 2.45) is 7.05 Å². The Balaban J connectivity index is 2.67. The first-order chi connectivity index (χ1) is 6.17. The van der Waals surface area contributed by atoms with Gasteiger partial charge in [0.05, 0.1) is 6.54 Å². The van der Waals surface area contributed by atoms with E-state index in [-0.39, 0.29) is 0 Å². The molecule has 0 fully saturated rings. The molecule has 13 heavy (non-hydrogen) atoms. The fourth-order valence-corrected chi connectivity index (χ4v) is 1.22. The Hall–Kier alpha value is -1.10. The molecule has 0 unspecified atom stereocenters. The summed E-state index contributed by atoms with van der Waals surface area (Å²) in [5.74, 6) is 1.27. The van der Waals surface area contributed by atoms with Crippen LogP contribution >= 0.6 is 0 Å². The first kappa shape index (κ1) is 9.98. The van der Waals surface area contributed by atoms with Gasteiger partial charge in [-0.1, -0.05) is 13.8 Å². The van der Waals surface area contributed by atoms with Crippen LogP contribution in [0.1, 0.15) is 19.7 Å². The summed E-state index contributed by atoms with van der Waals surface area (Å²) in [6.45, 7) is 7.10. The van der Waals surface area contributed by atoms with Crippen molar-refractivity contribution in [2.45, 2.75) is 20.4 Å². The van der Waals surface area contributed by atoms with Crippen LogP contribution in [0, 0.1) is 0 Å². The summed E-state index contributed by atoms with van der Waals surface area (Å²) >= 11 is 0. The van der Waals surface area contributed by atoms with Crippen molar-refractivity contribution in [1.29, 1.82) is 0 Å². The zero-order valence-electron chi connectivity index (χ0n) is 8.49. The molecule has 1 heterocycles. The molecule has 0 aliphatic rings. The van der Waals surface area contributed by atoms with E-state index < -0.39 is 0 Å². The molecule has 0 atom stereocenters. The molecule has 0 bridgehead atoms. The van der Waals surface area contributed by atoms with Gasteiger partial charge < -0.3 is 5.73 Å². The van der Waals surface area contributed by atoms with Crippen molar-refractivity contribution in [2.75, 3.05) is 18.8 Å².